The largest absolute Gasteiger partial charge is 0.393 e. The predicted molar refractivity (Wildman–Crippen MR) is 101 cm³/mol. The summed E-state index contributed by atoms with van der Waals surface area (Å²) in [7, 11) is 0. The average molecular weight is 325 g/mol. The fourth-order valence-corrected chi connectivity index (χ4v) is 3.37. The monoisotopic (exact) mass is 325 g/mol. The fourth-order valence-electron chi connectivity index (χ4n) is 3.37. The quantitative estimate of drug-likeness (QED) is 0.882. The second kappa shape index (κ2) is 7.07. The summed E-state index contributed by atoms with van der Waals surface area (Å²) in [6.07, 6.45) is 6.41. The van der Waals surface area contributed by atoms with E-state index in [0.29, 0.717) is 17.5 Å². The normalized spacial score (nSPS) is 17.8. The second-order valence-corrected chi connectivity index (χ2v) is 6.63. The van der Waals surface area contributed by atoms with Crippen LogP contribution in [0.4, 0.5) is 23.0 Å². The molecular weight excluding hydrogens is 298 g/mol. The molecule has 0 aliphatic carbocycles. The molecule has 5 heteroatoms. The summed E-state index contributed by atoms with van der Waals surface area (Å²) in [5, 5.41) is 3.35. The first-order valence-electron chi connectivity index (χ1n) is 8.81. The lowest BCUT2D eigenvalue weighted by Crippen LogP contribution is -2.40. The molecule has 0 amide bonds. The maximum atomic E-state index is 6.42. The van der Waals surface area contributed by atoms with Gasteiger partial charge in [-0.15, -0.1) is 0 Å². The zero-order valence-corrected chi connectivity index (χ0v) is 14.8. The molecular formula is C19H27N5. The van der Waals surface area contributed by atoms with Gasteiger partial charge in [0.1, 0.15) is 12.0 Å². The van der Waals surface area contributed by atoms with Gasteiger partial charge in [-0.3, -0.25) is 0 Å². The van der Waals surface area contributed by atoms with Crippen LogP contribution in [0.2, 0.25) is 0 Å². The molecule has 2 heterocycles. The smallest absolute Gasteiger partial charge is 0.159 e. The van der Waals surface area contributed by atoms with E-state index in [9.17, 15) is 0 Å². The van der Waals surface area contributed by atoms with Gasteiger partial charge in [0.05, 0.1) is 0 Å². The first-order chi connectivity index (χ1) is 11.6. The van der Waals surface area contributed by atoms with Crippen molar-refractivity contribution in [3.8, 4) is 0 Å². The van der Waals surface area contributed by atoms with Gasteiger partial charge in [-0.2, -0.15) is 0 Å². The number of nitrogens with one attached hydrogen (secondary N) is 1. The molecule has 3 N–H and O–H groups in total. The molecule has 1 fully saturated rings. The standard InChI is InChI=1S/C19H27N5/c1-4-16-7-5-6-10-24(16)19-17(20)18(21-12-22-19)23-15-9-8-13(2)14(3)11-15/h8-9,11-12,16H,4-7,10,20H2,1-3H3,(H,21,22,23). The van der Waals surface area contributed by atoms with Crippen LogP contribution in [0.3, 0.4) is 0 Å². The highest BCUT2D eigenvalue weighted by atomic mass is 15.2. The Balaban J connectivity index is 1.88. The van der Waals surface area contributed by atoms with Gasteiger partial charge in [0.15, 0.2) is 11.6 Å². The SMILES string of the molecule is CCC1CCCCN1c1ncnc(Nc2ccc(C)c(C)c2)c1N. The minimum absolute atomic E-state index is 0.519. The van der Waals surface area contributed by atoms with Gasteiger partial charge in [-0.1, -0.05) is 13.0 Å². The Morgan fingerprint density at radius 3 is 2.79 bits per heavy atom. The van der Waals surface area contributed by atoms with Crippen molar-refractivity contribution in [1.29, 1.82) is 0 Å². The van der Waals surface area contributed by atoms with Gasteiger partial charge in [0.25, 0.3) is 0 Å². The van der Waals surface area contributed by atoms with E-state index in [0.717, 1.165) is 24.5 Å². The lowest BCUT2D eigenvalue weighted by atomic mass is 10.00. The Kier molecular flexibility index (Phi) is 4.88. The molecule has 24 heavy (non-hydrogen) atoms. The van der Waals surface area contributed by atoms with Crippen LogP contribution in [-0.4, -0.2) is 22.6 Å². The Morgan fingerprint density at radius 1 is 1.21 bits per heavy atom. The number of nitrogens with zero attached hydrogens (tertiary/aromatic N) is 3. The number of nitrogen functional groups attached to an aromatic ring is 1. The van der Waals surface area contributed by atoms with Crippen LogP contribution in [0.25, 0.3) is 0 Å². The van der Waals surface area contributed by atoms with Crippen LogP contribution in [0, 0.1) is 13.8 Å². The van der Waals surface area contributed by atoms with Crippen molar-refractivity contribution in [3.63, 3.8) is 0 Å². The molecule has 1 aromatic carbocycles. The maximum absolute atomic E-state index is 6.42. The molecule has 1 unspecified atom stereocenters. The number of aromatic nitrogens is 2. The number of hydrogen-bond acceptors (Lipinski definition) is 5. The van der Waals surface area contributed by atoms with Gasteiger partial charge in [0.2, 0.25) is 0 Å². The summed E-state index contributed by atoms with van der Waals surface area (Å²) in [6, 6.07) is 6.80. The van der Waals surface area contributed by atoms with Gasteiger partial charge in [0, 0.05) is 18.3 Å². The van der Waals surface area contributed by atoms with Crippen LogP contribution in [-0.2, 0) is 0 Å². The number of piperidine rings is 1. The second-order valence-electron chi connectivity index (χ2n) is 6.63. The van der Waals surface area contributed by atoms with Crippen molar-refractivity contribution >= 4 is 23.0 Å². The molecule has 1 aliphatic heterocycles. The highest BCUT2D eigenvalue weighted by Gasteiger charge is 2.24. The van der Waals surface area contributed by atoms with Crippen molar-refractivity contribution in [1.82, 2.24) is 9.97 Å². The summed E-state index contributed by atoms with van der Waals surface area (Å²) >= 11 is 0. The molecule has 0 saturated carbocycles. The minimum Gasteiger partial charge on any atom is -0.393 e. The van der Waals surface area contributed by atoms with Gasteiger partial charge in [-0.05, 0) is 62.8 Å². The van der Waals surface area contributed by atoms with E-state index in [1.807, 2.05) is 0 Å². The molecule has 0 bridgehead atoms. The molecule has 2 aromatic rings. The first-order valence-corrected chi connectivity index (χ1v) is 8.81. The Hall–Kier alpha value is -2.30. The van der Waals surface area contributed by atoms with Crippen LogP contribution in [0.15, 0.2) is 24.5 Å². The van der Waals surface area contributed by atoms with E-state index in [1.165, 1.54) is 30.4 Å². The van der Waals surface area contributed by atoms with Crippen LogP contribution < -0.4 is 16.0 Å². The van der Waals surface area contributed by atoms with Gasteiger partial charge in [-0.25, -0.2) is 9.97 Å². The zero-order chi connectivity index (χ0) is 17.1. The lowest BCUT2D eigenvalue weighted by molar-refractivity contribution is 0.447. The lowest BCUT2D eigenvalue weighted by Gasteiger charge is -2.36. The van der Waals surface area contributed by atoms with Crippen LogP contribution >= 0.6 is 0 Å². The van der Waals surface area contributed by atoms with E-state index in [2.05, 4.69) is 59.2 Å². The zero-order valence-electron chi connectivity index (χ0n) is 14.8. The van der Waals surface area contributed by atoms with E-state index < -0.39 is 0 Å². The average Bonchev–Trinajstić information content (AvgIpc) is 2.60. The highest BCUT2D eigenvalue weighted by Crippen LogP contribution is 2.33. The van der Waals surface area contributed by atoms with Crippen LogP contribution in [0.1, 0.15) is 43.7 Å². The third kappa shape index (κ3) is 3.30. The summed E-state index contributed by atoms with van der Waals surface area (Å²) in [5.41, 5.74) is 10.6. The summed E-state index contributed by atoms with van der Waals surface area (Å²) < 4.78 is 0. The molecule has 1 saturated heterocycles. The predicted octanol–water partition coefficient (Wildman–Crippen LogP) is 4.19. The number of aryl methyl sites for hydroxylation is 2. The number of nitrogens with two attached hydrogens (primary N) is 1. The molecule has 5 nitrogen and oxygen atoms in total. The topological polar surface area (TPSA) is 67.1 Å². The van der Waals surface area contributed by atoms with Gasteiger partial charge < -0.3 is 16.0 Å². The summed E-state index contributed by atoms with van der Waals surface area (Å²) in [4.78, 5) is 11.2. The van der Waals surface area contributed by atoms with Crippen molar-refractivity contribution in [2.75, 3.05) is 22.5 Å². The molecule has 1 aliphatic rings. The molecule has 128 valence electrons. The Bertz CT molecular complexity index is 713. The summed E-state index contributed by atoms with van der Waals surface area (Å²) in [5.74, 6) is 1.55. The highest BCUT2D eigenvalue weighted by molar-refractivity contribution is 5.78. The molecule has 1 atom stereocenters. The summed E-state index contributed by atoms with van der Waals surface area (Å²) in [6.45, 7) is 7.46. The van der Waals surface area contributed by atoms with Crippen molar-refractivity contribution < 1.29 is 0 Å². The minimum atomic E-state index is 0.519. The molecule has 0 spiro atoms. The van der Waals surface area contributed by atoms with Crippen LogP contribution in [0.5, 0.6) is 0 Å². The number of rotatable bonds is 4. The Labute approximate surface area is 144 Å². The number of hydrogen-bond donors (Lipinski definition) is 2. The van der Waals surface area contributed by atoms with E-state index >= 15 is 0 Å². The molecule has 1 aromatic heterocycles. The third-order valence-corrected chi connectivity index (χ3v) is 5.00. The molecule has 0 radical (unpaired) electrons. The Morgan fingerprint density at radius 2 is 2.04 bits per heavy atom. The molecule has 3 rings (SSSR count). The van der Waals surface area contributed by atoms with E-state index in [1.54, 1.807) is 6.33 Å². The van der Waals surface area contributed by atoms with Gasteiger partial charge >= 0.3 is 0 Å². The van der Waals surface area contributed by atoms with Crippen molar-refractivity contribution in [3.05, 3.63) is 35.7 Å². The van der Waals surface area contributed by atoms with E-state index in [4.69, 9.17) is 5.73 Å². The van der Waals surface area contributed by atoms with E-state index in [-0.39, 0.29) is 0 Å². The van der Waals surface area contributed by atoms with Crippen molar-refractivity contribution in [2.45, 2.75) is 52.5 Å². The van der Waals surface area contributed by atoms with Crippen molar-refractivity contribution in [2.24, 2.45) is 0 Å². The third-order valence-electron chi connectivity index (χ3n) is 5.00. The fraction of sp³-hybridized carbons (Fsp3) is 0.474. The number of anilines is 4. The maximum Gasteiger partial charge on any atom is 0.159 e. The first kappa shape index (κ1) is 16.6. The number of benzene rings is 1.